The molecule has 2 aromatic rings. The Balaban J connectivity index is 1.54. The third kappa shape index (κ3) is 3.53. The van der Waals surface area contributed by atoms with Crippen molar-refractivity contribution in [3.05, 3.63) is 36.8 Å². The number of rotatable bonds is 5. The van der Waals surface area contributed by atoms with Crippen LogP contribution in [0.4, 0.5) is 0 Å². The second kappa shape index (κ2) is 7.20. The van der Waals surface area contributed by atoms with Crippen LogP contribution in [0.3, 0.4) is 0 Å². The molecule has 22 heavy (non-hydrogen) atoms. The highest BCUT2D eigenvalue weighted by molar-refractivity contribution is 5.78. The normalized spacial score (nSPS) is 15.6. The van der Waals surface area contributed by atoms with E-state index < -0.39 is 0 Å². The summed E-state index contributed by atoms with van der Waals surface area (Å²) in [6.07, 6.45) is 11.2. The summed E-state index contributed by atoms with van der Waals surface area (Å²) in [6.45, 7) is 1.34. The van der Waals surface area contributed by atoms with Gasteiger partial charge in [0.2, 0.25) is 5.91 Å². The molecule has 3 rings (SSSR count). The minimum absolute atomic E-state index is 0.208. The zero-order chi connectivity index (χ0) is 15.2. The molecule has 0 radical (unpaired) electrons. The quantitative estimate of drug-likeness (QED) is 0.923. The molecule has 0 atom stereocenters. The highest BCUT2D eigenvalue weighted by Gasteiger charge is 2.20. The average Bonchev–Trinajstić information content (AvgIpc) is 3.05. The van der Waals surface area contributed by atoms with Gasteiger partial charge in [0, 0.05) is 37.6 Å². The van der Waals surface area contributed by atoms with Crippen LogP contribution < -0.4 is 5.32 Å². The Hall–Kier alpha value is -2.17. The largest absolute Gasteiger partial charge is 0.354 e. The molecule has 0 bridgehead atoms. The van der Waals surface area contributed by atoms with Crippen molar-refractivity contribution in [1.29, 1.82) is 0 Å². The fourth-order valence-corrected chi connectivity index (χ4v) is 3.03. The second-order valence-electron chi connectivity index (χ2n) is 5.79. The van der Waals surface area contributed by atoms with Gasteiger partial charge in [0.25, 0.3) is 0 Å². The Morgan fingerprint density at radius 3 is 2.82 bits per heavy atom. The summed E-state index contributed by atoms with van der Waals surface area (Å²) in [5.74, 6) is 1.26. The molecule has 1 amide bonds. The molecule has 0 aromatic carbocycles. The van der Waals surface area contributed by atoms with Gasteiger partial charge in [-0.05, 0) is 25.0 Å². The van der Waals surface area contributed by atoms with Crippen LogP contribution in [0.2, 0.25) is 0 Å². The number of imidazole rings is 1. The van der Waals surface area contributed by atoms with Gasteiger partial charge in [-0.1, -0.05) is 25.3 Å². The molecule has 1 aliphatic carbocycles. The lowest BCUT2D eigenvalue weighted by molar-refractivity contribution is -0.125. The zero-order valence-electron chi connectivity index (χ0n) is 12.7. The van der Waals surface area contributed by atoms with Crippen molar-refractivity contribution in [2.75, 3.05) is 6.54 Å². The maximum Gasteiger partial charge on any atom is 0.223 e. The Bertz CT molecular complexity index is 602. The summed E-state index contributed by atoms with van der Waals surface area (Å²) in [7, 11) is 0. The van der Waals surface area contributed by atoms with Crippen LogP contribution in [0.5, 0.6) is 0 Å². The molecule has 1 aliphatic rings. The monoisotopic (exact) mass is 298 g/mol. The van der Waals surface area contributed by atoms with Crippen LogP contribution in [-0.4, -0.2) is 27.0 Å². The van der Waals surface area contributed by atoms with E-state index >= 15 is 0 Å². The molecule has 2 heterocycles. The van der Waals surface area contributed by atoms with E-state index in [1.807, 2.05) is 29.0 Å². The van der Waals surface area contributed by atoms with Crippen LogP contribution >= 0.6 is 0 Å². The maximum atomic E-state index is 12.1. The lowest BCUT2D eigenvalue weighted by Crippen LogP contribution is -2.34. The molecule has 1 fully saturated rings. The lowest BCUT2D eigenvalue weighted by Gasteiger charge is -2.20. The van der Waals surface area contributed by atoms with Gasteiger partial charge in [0.1, 0.15) is 5.69 Å². The summed E-state index contributed by atoms with van der Waals surface area (Å²) >= 11 is 0. The van der Waals surface area contributed by atoms with Gasteiger partial charge < -0.3 is 9.88 Å². The van der Waals surface area contributed by atoms with Gasteiger partial charge >= 0.3 is 0 Å². The number of nitrogens with zero attached hydrogens (tertiary/aromatic N) is 3. The summed E-state index contributed by atoms with van der Waals surface area (Å²) in [5.41, 5.74) is 0.853. The number of carbonyl (C=O) groups is 1. The number of amides is 1. The van der Waals surface area contributed by atoms with Crippen molar-refractivity contribution in [3.8, 4) is 11.5 Å². The molecule has 5 nitrogen and oxygen atoms in total. The molecular weight excluding hydrogens is 276 g/mol. The first kappa shape index (κ1) is 14.8. The van der Waals surface area contributed by atoms with Crippen molar-refractivity contribution < 1.29 is 4.79 Å². The summed E-state index contributed by atoms with van der Waals surface area (Å²) in [5, 5.41) is 3.06. The van der Waals surface area contributed by atoms with E-state index in [4.69, 9.17) is 0 Å². The first-order chi connectivity index (χ1) is 10.8. The number of pyridine rings is 1. The molecule has 1 saturated carbocycles. The molecule has 0 spiro atoms. The minimum Gasteiger partial charge on any atom is -0.354 e. The van der Waals surface area contributed by atoms with Gasteiger partial charge in [-0.3, -0.25) is 9.78 Å². The fourth-order valence-electron chi connectivity index (χ4n) is 3.03. The SMILES string of the molecule is O=C(NCCn1ccnc1-c1ccccn1)C1CCCCC1. The van der Waals surface area contributed by atoms with E-state index in [2.05, 4.69) is 15.3 Å². The maximum absolute atomic E-state index is 12.1. The standard InChI is InChI=1S/C17H22N4O/c22-17(14-6-2-1-3-7-14)20-11-13-21-12-10-19-16(21)15-8-4-5-9-18-15/h4-5,8-10,12,14H,1-3,6-7,11,13H2,(H,20,22). The molecule has 0 saturated heterocycles. The van der Waals surface area contributed by atoms with Crippen molar-refractivity contribution >= 4 is 5.91 Å². The van der Waals surface area contributed by atoms with Crippen LogP contribution in [0.25, 0.3) is 11.5 Å². The number of nitrogens with one attached hydrogen (secondary N) is 1. The van der Waals surface area contributed by atoms with E-state index in [0.717, 1.165) is 24.4 Å². The van der Waals surface area contributed by atoms with E-state index in [9.17, 15) is 4.79 Å². The molecule has 0 unspecified atom stereocenters. The van der Waals surface area contributed by atoms with Gasteiger partial charge in [-0.15, -0.1) is 0 Å². The second-order valence-corrected chi connectivity index (χ2v) is 5.79. The molecule has 0 aliphatic heterocycles. The van der Waals surface area contributed by atoms with Crippen LogP contribution in [0.15, 0.2) is 36.8 Å². The minimum atomic E-state index is 0.208. The number of aromatic nitrogens is 3. The lowest BCUT2D eigenvalue weighted by atomic mass is 9.89. The third-order valence-corrected chi connectivity index (χ3v) is 4.24. The molecule has 2 aromatic heterocycles. The molecular formula is C17H22N4O. The number of hydrogen-bond donors (Lipinski definition) is 1. The topological polar surface area (TPSA) is 59.8 Å². The van der Waals surface area contributed by atoms with E-state index in [1.165, 1.54) is 19.3 Å². The van der Waals surface area contributed by atoms with Crippen molar-refractivity contribution in [2.24, 2.45) is 5.92 Å². The molecule has 5 heteroatoms. The summed E-state index contributed by atoms with van der Waals surface area (Å²) in [4.78, 5) is 20.8. The van der Waals surface area contributed by atoms with Gasteiger partial charge in [-0.2, -0.15) is 0 Å². The van der Waals surface area contributed by atoms with E-state index in [1.54, 1.807) is 12.4 Å². The first-order valence-electron chi connectivity index (χ1n) is 8.05. The predicted octanol–water partition coefficient (Wildman–Crippen LogP) is 2.64. The Labute approximate surface area is 130 Å². The van der Waals surface area contributed by atoms with Crippen LogP contribution in [-0.2, 0) is 11.3 Å². The van der Waals surface area contributed by atoms with E-state index in [-0.39, 0.29) is 11.8 Å². The predicted molar refractivity (Wildman–Crippen MR) is 85.0 cm³/mol. The van der Waals surface area contributed by atoms with Crippen molar-refractivity contribution in [3.63, 3.8) is 0 Å². The summed E-state index contributed by atoms with van der Waals surface area (Å²) in [6, 6.07) is 5.78. The summed E-state index contributed by atoms with van der Waals surface area (Å²) < 4.78 is 2.03. The van der Waals surface area contributed by atoms with Gasteiger partial charge in [0.15, 0.2) is 5.82 Å². The third-order valence-electron chi connectivity index (χ3n) is 4.24. The van der Waals surface area contributed by atoms with Crippen LogP contribution in [0.1, 0.15) is 32.1 Å². The Kier molecular flexibility index (Phi) is 4.83. The molecule has 1 N–H and O–H groups in total. The van der Waals surface area contributed by atoms with Gasteiger partial charge in [0.05, 0.1) is 0 Å². The smallest absolute Gasteiger partial charge is 0.223 e. The van der Waals surface area contributed by atoms with Crippen LogP contribution in [0, 0.1) is 5.92 Å². The van der Waals surface area contributed by atoms with Crippen molar-refractivity contribution in [1.82, 2.24) is 19.9 Å². The number of carbonyl (C=O) groups excluding carboxylic acids is 1. The zero-order valence-corrected chi connectivity index (χ0v) is 12.7. The van der Waals surface area contributed by atoms with E-state index in [0.29, 0.717) is 13.1 Å². The van der Waals surface area contributed by atoms with Gasteiger partial charge in [-0.25, -0.2) is 4.98 Å². The Morgan fingerprint density at radius 1 is 1.18 bits per heavy atom. The molecule has 116 valence electrons. The average molecular weight is 298 g/mol. The fraction of sp³-hybridized carbons (Fsp3) is 0.471. The first-order valence-corrected chi connectivity index (χ1v) is 8.05. The number of hydrogen-bond acceptors (Lipinski definition) is 3. The highest BCUT2D eigenvalue weighted by Crippen LogP contribution is 2.23. The highest BCUT2D eigenvalue weighted by atomic mass is 16.1. The van der Waals surface area contributed by atoms with Crippen molar-refractivity contribution in [2.45, 2.75) is 38.6 Å². The Morgan fingerprint density at radius 2 is 2.05 bits per heavy atom.